The van der Waals surface area contributed by atoms with Gasteiger partial charge in [-0.3, -0.25) is 0 Å². The van der Waals surface area contributed by atoms with Gasteiger partial charge in [-0.15, -0.1) is 0 Å². The summed E-state index contributed by atoms with van der Waals surface area (Å²) in [7, 11) is 0. The number of benzene rings is 6. The van der Waals surface area contributed by atoms with E-state index < -0.39 is 0 Å². The van der Waals surface area contributed by atoms with Crippen LogP contribution in [0.25, 0.3) is 101 Å². The highest BCUT2D eigenvalue weighted by molar-refractivity contribution is 6.13. The molecule has 3 atom stereocenters. The number of hydrogen-bond donors (Lipinski definition) is 0. The highest BCUT2D eigenvalue weighted by Gasteiger charge is 2.44. The molecule has 370 valence electrons. The minimum atomic E-state index is -0.205. The van der Waals surface area contributed by atoms with Crippen LogP contribution in [0.4, 0.5) is 0 Å². The van der Waals surface area contributed by atoms with E-state index in [0.717, 1.165) is 107 Å². The number of hydrogen-bond acceptors (Lipinski definition) is 5. The molecular formula is C70H53N5O2. The summed E-state index contributed by atoms with van der Waals surface area (Å²) in [5.74, 6) is 4.11. The standard InChI is InChI=1S/C70H53N5O2/c1-70(40-16-5-17-41-70)75-54-31-15-13-27-51(54)62-56(75)37-39-60-66(62)64-49(29-19-33-58(64)77-60)48-35-34-45(42-52(48)69-72-67(43-20-6-2-7-21-43)71-68(73-69)44-22-8-3-9-23-44)47-28-18-32-57-63(47)65-59(76-57)38-36-55-61(65)50-26-12-14-30-53(50)74(55)46-24-10-4-11-25-46/h2-8,10-17,19-22,24-31,33-36,38,40,42,59,65H,9,18,23,32,37,39,41H2,1H3. The molecule has 0 saturated carbocycles. The van der Waals surface area contributed by atoms with Crippen molar-refractivity contribution in [2.45, 2.75) is 69.4 Å². The van der Waals surface area contributed by atoms with E-state index in [9.17, 15) is 0 Å². The summed E-state index contributed by atoms with van der Waals surface area (Å²) in [4.78, 5) is 16.2. The number of ether oxygens (including phenoxy) is 1. The average Bonchev–Trinajstić information content (AvgIpc) is 4.34. The summed E-state index contributed by atoms with van der Waals surface area (Å²) >= 11 is 0. The van der Waals surface area contributed by atoms with Gasteiger partial charge in [-0.25, -0.2) is 15.0 Å². The van der Waals surface area contributed by atoms with Crippen LogP contribution in [0.3, 0.4) is 0 Å². The quantitative estimate of drug-likeness (QED) is 0.159. The maximum Gasteiger partial charge on any atom is 0.164 e. The van der Waals surface area contributed by atoms with Crippen molar-refractivity contribution < 1.29 is 9.15 Å². The van der Waals surface area contributed by atoms with Gasteiger partial charge < -0.3 is 18.3 Å². The van der Waals surface area contributed by atoms with Crippen LogP contribution in [0, 0.1) is 0 Å². The fraction of sp³-hybridized carbons (Fsp3) is 0.157. The molecule has 0 fully saturated rings. The summed E-state index contributed by atoms with van der Waals surface area (Å²) < 4.78 is 19.2. The van der Waals surface area contributed by atoms with E-state index in [1.807, 2.05) is 6.07 Å². The van der Waals surface area contributed by atoms with Gasteiger partial charge in [0, 0.05) is 73.7 Å². The second-order valence-electron chi connectivity index (χ2n) is 21.6. The van der Waals surface area contributed by atoms with Crippen LogP contribution in [0.1, 0.15) is 79.0 Å². The van der Waals surface area contributed by atoms with Crippen molar-refractivity contribution in [1.82, 2.24) is 24.1 Å². The monoisotopic (exact) mass is 995 g/mol. The lowest BCUT2D eigenvalue weighted by molar-refractivity contribution is 0.164. The molecule has 10 aromatic rings. The van der Waals surface area contributed by atoms with Gasteiger partial charge in [-0.1, -0.05) is 158 Å². The van der Waals surface area contributed by atoms with Crippen LogP contribution in [0.2, 0.25) is 0 Å². The number of allylic oxidation sites excluding steroid dienone is 11. The molecule has 3 unspecified atom stereocenters. The van der Waals surface area contributed by atoms with E-state index in [2.05, 4.69) is 216 Å². The molecule has 0 N–H and O–H groups in total. The first-order chi connectivity index (χ1) is 38.1. The van der Waals surface area contributed by atoms with E-state index in [1.54, 1.807) is 0 Å². The zero-order valence-corrected chi connectivity index (χ0v) is 42.8. The molecule has 5 heterocycles. The Hall–Kier alpha value is -9.07. The van der Waals surface area contributed by atoms with Crippen LogP contribution in [0.15, 0.2) is 216 Å². The lowest BCUT2D eigenvalue weighted by Gasteiger charge is -2.33. The topological polar surface area (TPSA) is 70.9 Å². The third-order valence-corrected chi connectivity index (χ3v) is 17.1. The zero-order valence-electron chi connectivity index (χ0n) is 42.8. The van der Waals surface area contributed by atoms with Gasteiger partial charge in [0.15, 0.2) is 17.5 Å². The lowest BCUT2D eigenvalue weighted by atomic mass is 9.76. The van der Waals surface area contributed by atoms with Crippen molar-refractivity contribution in [3.8, 4) is 50.7 Å². The molecule has 0 radical (unpaired) electrons. The second kappa shape index (κ2) is 17.2. The molecule has 0 bridgehead atoms. The number of para-hydroxylation sites is 3. The van der Waals surface area contributed by atoms with Crippen LogP contribution in [0.5, 0.6) is 0 Å². The molecule has 0 saturated heterocycles. The third-order valence-electron chi connectivity index (χ3n) is 17.1. The molecule has 6 aliphatic rings. The average molecular weight is 996 g/mol. The van der Waals surface area contributed by atoms with Crippen molar-refractivity contribution in [3.05, 3.63) is 246 Å². The predicted octanol–water partition coefficient (Wildman–Crippen LogP) is 16.9. The Morgan fingerprint density at radius 1 is 0.623 bits per heavy atom. The summed E-state index contributed by atoms with van der Waals surface area (Å²) in [6.45, 7) is 2.37. The Kier molecular flexibility index (Phi) is 9.90. The molecule has 4 aromatic heterocycles. The largest absolute Gasteiger partial charge is 0.489 e. The zero-order chi connectivity index (χ0) is 50.8. The van der Waals surface area contributed by atoms with Gasteiger partial charge in [-0.2, -0.15) is 0 Å². The van der Waals surface area contributed by atoms with Gasteiger partial charge >= 0.3 is 0 Å². The second-order valence-corrected chi connectivity index (χ2v) is 21.6. The normalized spacial score (nSPS) is 20.0. The third kappa shape index (κ3) is 6.78. The summed E-state index contributed by atoms with van der Waals surface area (Å²) in [6, 6.07) is 52.6. The molecule has 16 rings (SSSR count). The number of fused-ring (bicyclic) bond motifs is 13. The maximum atomic E-state index is 7.07. The Balaban J connectivity index is 0.927. The molecule has 0 spiro atoms. The Bertz CT molecular complexity index is 4360. The van der Waals surface area contributed by atoms with Crippen molar-refractivity contribution in [3.63, 3.8) is 0 Å². The minimum absolute atomic E-state index is 0.000739. The molecule has 7 nitrogen and oxygen atoms in total. The molecule has 1 aliphatic heterocycles. The van der Waals surface area contributed by atoms with E-state index in [-0.39, 0.29) is 17.6 Å². The van der Waals surface area contributed by atoms with Crippen molar-refractivity contribution >= 4 is 50.0 Å². The number of nitrogens with zero attached hydrogens (tertiary/aromatic N) is 5. The molecule has 7 heteroatoms. The van der Waals surface area contributed by atoms with Crippen molar-refractivity contribution in [1.29, 1.82) is 0 Å². The van der Waals surface area contributed by atoms with Gasteiger partial charge in [-0.05, 0) is 121 Å². The summed E-state index contributed by atoms with van der Waals surface area (Å²) in [5, 5.41) is 3.63. The van der Waals surface area contributed by atoms with Gasteiger partial charge in [0.25, 0.3) is 0 Å². The first kappa shape index (κ1) is 44.2. The fourth-order valence-corrected chi connectivity index (χ4v) is 13.8. The number of aryl methyl sites for hydroxylation is 1. The number of aromatic nitrogens is 5. The van der Waals surface area contributed by atoms with Crippen LogP contribution >= 0.6 is 0 Å². The van der Waals surface area contributed by atoms with E-state index in [4.69, 9.17) is 24.1 Å². The first-order valence-electron chi connectivity index (χ1n) is 27.4. The molecule has 6 aromatic carbocycles. The van der Waals surface area contributed by atoms with Crippen molar-refractivity contribution in [2.24, 2.45) is 0 Å². The SMILES string of the molecule is CC1(n2c3c(c4ccccc42)-c2c(oc4cccc(-c5ccc(C6=CCCC7=C6C6c8c(n(-c9ccccc9)c9ccccc89)C=CC6O7)cc5-c5nc(C6=CC=CCC6)nc(-c6ccccc6)n5)c24)CC3)C=CC=CC1. The van der Waals surface area contributed by atoms with Crippen LogP contribution in [-0.4, -0.2) is 30.2 Å². The molecule has 77 heavy (non-hydrogen) atoms. The molecular weight excluding hydrogens is 943 g/mol. The Labute approximate surface area is 446 Å². The van der Waals surface area contributed by atoms with Crippen LogP contribution < -0.4 is 0 Å². The molecule has 5 aliphatic carbocycles. The lowest BCUT2D eigenvalue weighted by Crippen LogP contribution is -2.30. The highest BCUT2D eigenvalue weighted by Crippen LogP contribution is 2.56. The van der Waals surface area contributed by atoms with Crippen molar-refractivity contribution in [2.75, 3.05) is 0 Å². The minimum Gasteiger partial charge on any atom is -0.489 e. The first-order valence-corrected chi connectivity index (χ1v) is 27.4. The summed E-state index contributed by atoms with van der Waals surface area (Å²) in [6.07, 6.45) is 28.6. The van der Waals surface area contributed by atoms with E-state index in [0.29, 0.717) is 17.5 Å². The summed E-state index contributed by atoms with van der Waals surface area (Å²) in [5.41, 5.74) is 19.3. The predicted molar refractivity (Wildman–Crippen MR) is 311 cm³/mol. The maximum absolute atomic E-state index is 7.07. The van der Waals surface area contributed by atoms with Gasteiger partial charge in [0.05, 0.1) is 22.7 Å². The Morgan fingerprint density at radius 3 is 2.27 bits per heavy atom. The van der Waals surface area contributed by atoms with Crippen LogP contribution in [-0.2, 0) is 23.1 Å². The Morgan fingerprint density at radius 2 is 1.43 bits per heavy atom. The van der Waals surface area contributed by atoms with E-state index in [1.165, 1.54) is 61.0 Å². The van der Waals surface area contributed by atoms with Gasteiger partial charge in [0.1, 0.15) is 23.2 Å². The molecule has 0 amide bonds. The number of rotatable bonds is 7. The highest BCUT2D eigenvalue weighted by atomic mass is 16.5. The van der Waals surface area contributed by atoms with Gasteiger partial charge in [0.2, 0.25) is 0 Å². The smallest absolute Gasteiger partial charge is 0.164 e. The fourth-order valence-electron chi connectivity index (χ4n) is 13.8. The number of furan rings is 1. The van der Waals surface area contributed by atoms with E-state index >= 15 is 0 Å².